The Morgan fingerprint density at radius 1 is 1.18 bits per heavy atom. The molecule has 0 aliphatic rings. The van der Waals surface area contributed by atoms with Gasteiger partial charge in [-0.25, -0.2) is 4.79 Å². The standard InChI is InChI=1S/C17H25NO4/c1-5-21-15(19)14(11-13-9-7-6-8-10-13)12-18-16(20)22-17(2,3)4/h6-10,14H,5,11-12H2,1-4H3,(H,18,20)/t14-/m1/s1. The third-order valence-electron chi connectivity index (χ3n) is 2.84. The zero-order valence-corrected chi connectivity index (χ0v) is 13.7. The van der Waals surface area contributed by atoms with Gasteiger partial charge in [0.25, 0.3) is 0 Å². The summed E-state index contributed by atoms with van der Waals surface area (Å²) < 4.78 is 10.3. The van der Waals surface area contributed by atoms with Crippen LogP contribution in [0.5, 0.6) is 0 Å². The second kappa shape index (κ2) is 8.41. The molecule has 1 atom stereocenters. The summed E-state index contributed by atoms with van der Waals surface area (Å²) in [4.78, 5) is 23.7. The second-order valence-corrected chi connectivity index (χ2v) is 6.02. The van der Waals surface area contributed by atoms with Crippen molar-refractivity contribution in [3.63, 3.8) is 0 Å². The van der Waals surface area contributed by atoms with Crippen LogP contribution in [0.3, 0.4) is 0 Å². The lowest BCUT2D eigenvalue weighted by Crippen LogP contribution is -2.38. The monoisotopic (exact) mass is 307 g/mol. The number of ether oxygens (including phenoxy) is 2. The number of carbonyl (C=O) groups excluding carboxylic acids is 2. The quantitative estimate of drug-likeness (QED) is 0.821. The van der Waals surface area contributed by atoms with Gasteiger partial charge in [0.05, 0.1) is 12.5 Å². The smallest absolute Gasteiger partial charge is 0.407 e. The van der Waals surface area contributed by atoms with E-state index in [0.29, 0.717) is 13.0 Å². The first-order chi connectivity index (χ1) is 10.3. The minimum absolute atomic E-state index is 0.183. The molecule has 0 aliphatic heterocycles. The van der Waals surface area contributed by atoms with Crippen LogP contribution in [0.4, 0.5) is 4.79 Å². The Bertz CT molecular complexity index is 479. The molecule has 0 radical (unpaired) electrons. The Morgan fingerprint density at radius 2 is 1.82 bits per heavy atom. The maximum Gasteiger partial charge on any atom is 0.407 e. The van der Waals surface area contributed by atoms with Gasteiger partial charge in [0.2, 0.25) is 0 Å². The van der Waals surface area contributed by atoms with Crippen LogP contribution >= 0.6 is 0 Å². The Hall–Kier alpha value is -2.04. The molecule has 0 fully saturated rings. The van der Waals surface area contributed by atoms with Crippen molar-refractivity contribution < 1.29 is 19.1 Å². The van der Waals surface area contributed by atoms with E-state index >= 15 is 0 Å². The van der Waals surface area contributed by atoms with Gasteiger partial charge < -0.3 is 14.8 Å². The molecule has 1 aromatic rings. The van der Waals surface area contributed by atoms with E-state index in [1.165, 1.54) is 0 Å². The summed E-state index contributed by atoms with van der Waals surface area (Å²) in [7, 11) is 0. The normalized spacial score (nSPS) is 12.4. The van der Waals surface area contributed by atoms with Gasteiger partial charge >= 0.3 is 12.1 Å². The summed E-state index contributed by atoms with van der Waals surface area (Å²) in [6.07, 6.45) is -0.0231. The number of rotatable bonds is 6. The molecule has 1 rings (SSSR count). The average molecular weight is 307 g/mol. The largest absolute Gasteiger partial charge is 0.466 e. The third-order valence-corrected chi connectivity index (χ3v) is 2.84. The molecule has 1 N–H and O–H groups in total. The molecule has 22 heavy (non-hydrogen) atoms. The van der Waals surface area contributed by atoms with Crippen molar-refractivity contribution >= 4 is 12.1 Å². The number of amides is 1. The molecular formula is C17H25NO4. The van der Waals surface area contributed by atoms with Gasteiger partial charge in [-0.05, 0) is 39.7 Å². The highest BCUT2D eigenvalue weighted by Gasteiger charge is 2.23. The number of carbonyl (C=O) groups is 2. The molecule has 5 nitrogen and oxygen atoms in total. The van der Waals surface area contributed by atoms with Crippen molar-refractivity contribution in [1.82, 2.24) is 5.32 Å². The first-order valence-corrected chi connectivity index (χ1v) is 7.49. The molecular weight excluding hydrogens is 282 g/mol. The summed E-state index contributed by atoms with van der Waals surface area (Å²) in [6.45, 7) is 7.64. The Kier molecular flexibility index (Phi) is 6.89. The number of benzene rings is 1. The van der Waals surface area contributed by atoms with Crippen LogP contribution in [-0.2, 0) is 20.7 Å². The second-order valence-electron chi connectivity index (χ2n) is 6.02. The molecule has 1 amide bonds. The van der Waals surface area contributed by atoms with E-state index in [1.807, 2.05) is 30.3 Å². The summed E-state index contributed by atoms with van der Waals surface area (Å²) in [5.74, 6) is -0.753. The van der Waals surface area contributed by atoms with E-state index in [-0.39, 0.29) is 12.5 Å². The van der Waals surface area contributed by atoms with Gasteiger partial charge in [-0.3, -0.25) is 4.79 Å². The Balaban J connectivity index is 2.62. The molecule has 1 aromatic carbocycles. The number of esters is 1. The first-order valence-electron chi connectivity index (χ1n) is 7.49. The van der Waals surface area contributed by atoms with Crippen molar-refractivity contribution in [2.75, 3.05) is 13.2 Å². The molecule has 0 unspecified atom stereocenters. The summed E-state index contributed by atoms with van der Waals surface area (Å²) >= 11 is 0. The van der Waals surface area contributed by atoms with Crippen LogP contribution in [-0.4, -0.2) is 30.8 Å². The van der Waals surface area contributed by atoms with E-state index < -0.39 is 17.6 Å². The summed E-state index contributed by atoms with van der Waals surface area (Å²) in [5.41, 5.74) is 0.453. The molecule has 0 spiro atoms. The Labute approximate surface area is 132 Å². The predicted octanol–water partition coefficient (Wildman–Crippen LogP) is 2.93. The van der Waals surface area contributed by atoms with E-state index in [4.69, 9.17) is 9.47 Å². The van der Waals surface area contributed by atoms with E-state index in [9.17, 15) is 9.59 Å². The van der Waals surface area contributed by atoms with Crippen LogP contribution in [0.25, 0.3) is 0 Å². The molecule has 0 heterocycles. The minimum atomic E-state index is -0.567. The van der Waals surface area contributed by atoms with Crippen molar-refractivity contribution in [3.8, 4) is 0 Å². The molecule has 0 bridgehead atoms. The number of hydrogen-bond donors (Lipinski definition) is 1. The molecule has 5 heteroatoms. The number of nitrogens with one attached hydrogen (secondary N) is 1. The predicted molar refractivity (Wildman–Crippen MR) is 84.5 cm³/mol. The minimum Gasteiger partial charge on any atom is -0.466 e. The summed E-state index contributed by atoms with van der Waals surface area (Å²) in [6, 6.07) is 9.64. The van der Waals surface area contributed by atoms with Crippen molar-refractivity contribution in [2.24, 2.45) is 5.92 Å². The lowest BCUT2D eigenvalue weighted by atomic mass is 9.99. The van der Waals surface area contributed by atoms with Gasteiger partial charge in [0.15, 0.2) is 0 Å². The summed E-state index contributed by atoms with van der Waals surface area (Å²) in [5, 5.41) is 2.64. The van der Waals surface area contributed by atoms with E-state index in [0.717, 1.165) is 5.56 Å². The van der Waals surface area contributed by atoms with Gasteiger partial charge in [0, 0.05) is 6.54 Å². The van der Waals surface area contributed by atoms with Gasteiger partial charge in [-0.15, -0.1) is 0 Å². The fourth-order valence-electron chi connectivity index (χ4n) is 1.92. The fourth-order valence-corrected chi connectivity index (χ4v) is 1.92. The molecule has 122 valence electrons. The van der Waals surface area contributed by atoms with Gasteiger partial charge in [0.1, 0.15) is 5.60 Å². The van der Waals surface area contributed by atoms with Crippen molar-refractivity contribution in [3.05, 3.63) is 35.9 Å². The third kappa shape index (κ3) is 7.11. The highest BCUT2D eigenvalue weighted by atomic mass is 16.6. The Morgan fingerprint density at radius 3 is 2.36 bits per heavy atom. The fraction of sp³-hybridized carbons (Fsp3) is 0.529. The maximum atomic E-state index is 12.0. The van der Waals surface area contributed by atoms with Gasteiger partial charge in [-0.1, -0.05) is 30.3 Å². The molecule has 0 saturated heterocycles. The molecule has 0 saturated carbocycles. The highest BCUT2D eigenvalue weighted by Crippen LogP contribution is 2.11. The van der Waals surface area contributed by atoms with E-state index in [2.05, 4.69) is 5.32 Å². The lowest BCUT2D eigenvalue weighted by Gasteiger charge is -2.21. The van der Waals surface area contributed by atoms with Crippen molar-refractivity contribution in [2.45, 2.75) is 39.7 Å². The zero-order valence-electron chi connectivity index (χ0n) is 13.7. The topological polar surface area (TPSA) is 64.6 Å². The molecule has 0 aromatic heterocycles. The molecule has 0 aliphatic carbocycles. The first kappa shape index (κ1) is 18.0. The van der Waals surface area contributed by atoms with Crippen LogP contribution in [0.1, 0.15) is 33.3 Å². The van der Waals surface area contributed by atoms with Crippen LogP contribution in [0.15, 0.2) is 30.3 Å². The average Bonchev–Trinajstić information content (AvgIpc) is 2.43. The van der Waals surface area contributed by atoms with Gasteiger partial charge in [-0.2, -0.15) is 0 Å². The number of alkyl carbamates (subject to hydrolysis) is 1. The van der Waals surface area contributed by atoms with Crippen molar-refractivity contribution in [1.29, 1.82) is 0 Å². The van der Waals surface area contributed by atoms with Crippen LogP contribution < -0.4 is 5.32 Å². The number of hydrogen-bond acceptors (Lipinski definition) is 4. The SMILES string of the molecule is CCOC(=O)[C@@H](CNC(=O)OC(C)(C)C)Cc1ccccc1. The maximum absolute atomic E-state index is 12.0. The van der Waals surface area contributed by atoms with Crippen LogP contribution in [0.2, 0.25) is 0 Å². The van der Waals surface area contributed by atoms with Crippen LogP contribution in [0, 0.1) is 5.92 Å². The van der Waals surface area contributed by atoms with E-state index in [1.54, 1.807) is 27.7 Å². The zero-order chi connectivity index (χ0) is 16.6. The lowest BCUT2D eigenvalue weighted by molar-refractivity contribution is -0.147. The highest BCUT2D eigenvalue weighted by molar-refractivity contribution is 5.74.